The van der Waals surface area contributed by atoms with Crippen LogP contribution in [0.5, 0.6) is 5.75 Å². The lowest BCUT2D eigenvalue weighted by molar-refractivity contribution is -0.121. The van der Waals surface area contributed by atoms with Crippen molar-refractivity contribution in [2.75, 3.05) is 19.7 Å². The second-order valence-corrected chi connectivity index (χ2v) is 12.6. The van der Waals surface area contributed by atoms with E-state index in [1.54, 1.807) is 24.7 Å². The molecule has 3 N–H and O–H groups in total. The number of fused-ring (bicyclic) bond motifs is 3. The van der Waals surface area contributed by atoms with Crippen molar-refractivity contribution >= 4 is 43.4 Å². The molecule has 1 radical (unpaired) electrons. The maximum absolute atomic E-state index is 12.7. The van der Waals surface area contributed by atoms with Gasteiger partial charge in [-0.1, -0.05) is 35.9 Å². The number of carbonyl (C=O) groups excluding carboxylic acids is 2. The second-order valence-electron chi connectivity index (χ2n) is 10.4. The van der Waals surface area contributed by atoms with E-state index >= 15 is 0 Å². The number of hydrogen-bond acceptors (Lipinski definition) is 7. The molecular weight excluding hydrogens is 596 g/mol. The fourth-order valence-electron chi connectivity index (χ4n) is 5.04. The number of aryl methyl sites for hydroxylation is 1. The van der Waals surface area contributed by atoms with Crippen molar-refractivity contribution in [2.45, 2.75) is 39.3 Å². The average molecular weight is 630 g/mol. The van der Waals surface area contributed by atoms with Crippen LogP contribution in [0.2, 0.25) is 11.6 Å². The smallest absolute Gasteiger partial charge is 0.251 e. The number of hydrogen-bond donors (Lipinski definition) is 3. The number of benzene rings is 3. The Hall–Kier alpha value is -4.32. The Morgan fingerprint density at radius 1 is 1.07 bits per heavy atom. The van der Waals surface area contributed by atoms with Crippen LogP contribution in [0, 0.1) is 6.92 Å². The molecule has 0 saturated heterocycles. The van der Waals surface area contributed by atoms with Gasteiger partial charge in [0.2, 0.25) is 14.9 Å². The first-order chi connectivity index (χ1) is 21.2. The molecule has 1 aliphatic rings. The van der Waals surface area contributed by atoms with E-state index in [0.29, 0.717) is 59.8 Å². The Kier molecular flexibility index (Phi) is 9.88. The zero-order valence-electron chi connectivity index (χ0n) is 24.8. The van der Waals surface area contributed by atoms with Crippen LogP contribution in [0.25, 0.3) is 5.69 Å². The van der Waals surface area contributed by atoms with Gasteiger partial charge < -0.3 is 20.2 Å². The molecule has 1 aromatic heterocycles. The van der Waals surface area contributed by atoms with Crippen LogP contribution >= 0.6 is 11.6 Å². The zero-order valence-corrected chi connectivity index (χ0v) is 26.6. The highest BCUT2D eigenvalue weighted by Crippen LogP contribution is 2.34. The molecular formula is C32H34ClN6O4Si. The Labute approximate surface area is 262 Å². The number of carbonyl (C=O) groups is 2. The Balaban J connectivity index is 1.36. The summed E-state index contributed by atoms with van der Waals surface area (Å²) in [4.78, 5) is 40.3. The van der Waals surface area contributed by atoms with Crippen molar-refractivity contribution in [1.29, 1.82) is 0 Å². The van der Waals surface area contributed by atoms with Gasteiger partial charge in [0.25, 0.3) is 5.91 Å². The van der Waals surface area contributed by atoms with Gasteiger partial charge in [0, 0.05) is 34.8 Å². The van der Waals surface area contributed by atoms with E-state index in [2.05, 4.69) is 20.8 Å². The average Bonchev–Trinajstić information content (AvgIpc) is 3.34. The lowest BCUT2D eigenvalue weighted by atomic mass is 10.00. The first-order valence-electron chi connectivity index (χ1n) is 14.5. The van der Waals surface area contributed by atoms with Crippen LogP contribution in [0.3, 0.4) is 0 Å². The minimum absolute atomic E-state index is 0.122. The SMILES string of the molecule is CCNC(=O)C[C@@H]1N=C(c2ccc(Cl)cc2)c2cc(OCCCNC(=O)c3cccc([Si](C)O)c3)ccc2-n2c(C)nnc21. The first-order valence-corrected chi connectivity index (χ1v) is 16.8. The van der Waals surface area contributed by atoms with E-state index in [4.69, 9.17) is 21.3 Å². The molecule has 12 heteroatoms. The third-order valence-electron chi connectivity index (χ3n) is 7.19. The Bertz CT molecular complexity index is 1690. The van der Waals surface area contributed by atoms with Gasteiger partial charge in [0.05, 0.1) is 24.4 Å². The predicted octanol–water partition coefficient (Wildman–Crippen LogP) is 3.67. The van der Waals surface area contributed by atoms with Crippen LogP contribution in [-0.2, 0) is 4.79 Å². The predicted molar refractivity (Wildman–Crippen MR) is 172 cm³/mol. The van der Waals surface area contributed by atoms with Crippen LogP contribution in [-0.4, -0.2) is 65.8 Å². The second kappa shape index (κ2) is 14.0. The largest absolute Gasteiger partial charge is 0.494 e. The van der Waals surface area contributed by atoms with Crippen LogP contribution in [0.15, 0.2) is 71.7 Å². The van der Waals surface area contributed by atoms with Gasteiger partial charge in [-0.15, -0.1) is 10.2 Å². The molecule has 0 aliphatic carbocycles. The highest BCUT2D eigenvalue weighted by molar-refractivity contribution is 6.64. The summed E-state index contributed by atoms with van der Waals surface area (Å²) in [5, 5.41) is 15.9. The number of nitrogens with one attached hydrogen (secondary N) is 2. The molecule has 0 saturated carbocycles. The third-order valence-corrected chi connectivity index (χ3v) is 8.58. The highest BCUT2D eigenvalue weighted by atomic mass is 35.5. The summed E-state index contributed by atoms with van der Waals surface area (Å²) in [7, 11) is -1.63. The number of aromatic nitrogens is 3. The maximum atomic E-state index is 12.7. The number of rotatable bonds is 11. The van der Waals surface area contributed by atoms with Crippen molar-refractivity contribution in [3.05, 3.63) is 100 Å². The first kappa shape index (κ1) is 31.1. The molecule has 227 valence electrons. The standard InChI is InChI=1S/C32H34ClN6O4Si/c1-4-34-29(40)19-27-31-38-37-20(2)39(31)28-14-13-24(18-26(28)30(36-27)21-9-11-23(33)12-10-21)43-16-6-15-35-32(41)22-7-5-8-25(17-22)44(3)42/h5,7-14,17-18,27,42H,4,6,15-16,19H2,1-3H3,(H,34,40)(H,35,41)/t27-/m0/s1. The van der Waals surface area contributed by atoms with E-state index in [1.807, 2.05) is 66.9 Å². The third kappa shape index (κ3) is 7.07. The van der Waals surface area contributed by atoms with Gasteiger partial charge in [-0.05, 0) is 74.5 Å². The Morgan fingerprint density at radius 2 is 1.86 bits per heavy atom. The number of amides is 2. The molecule has 44 heavy (non-hydrogen) atoms. The quantitative estimate of drug-likeness (QED) is 0.171. The molecule has 2 amide bonds. The summed E-state index contributed by atoms with van der Waals surface area (Å²) in [5.41, 5.74) is 3.69. The fraction of sp³-hybridized carbons (Fsp3) is 0.281. The van der Waals surface area contributed by atoms with E-state index < -0.39 is 15.1 Å². The molecule has 0 fully saturated rings. The van der Waals surface area contributed by atoms with Crippen molar-refractivity contribution in [1.82, 2.24) is 25.4 Å². The minimum atomic E-state index is -1.63. The van der Waals surface area contributed by atoms with Crippen LogP contribution in [0.4, 0.5) is 0 Å². The number of nitrogens with zero attached hydrogens (tertiary/aromatic N) is 4. The van der Waals surface area contributed by atoms with Gasteiger partial charge in [0.15, 0.2) is 5.82 Å². The molecule has 5 rings (SSSR count). The van der Waals surface area contributed by atoms with Gasteiger partial charge in [-0.2, -0.15) is 0 Å². The molecule has 10 nitrogen and oxygen atoms in total. The molecule has 3 aromatic carbocycles. The summed E-state index contributed by atoms with van der Waals surface area (Å²) >= 11 is 6.20. The summed E-state index contributed by atoms with van der Waals surface area (Å²) in [6.07, 6.45) is 0.712. The van der Waals surface area contributed by atoms with Crippen LogP contribution in [0.1, 0.15) is 58.9 Å². The van der Waals surface area contributed by atoms with Gasteiger partial charge in [0.1, 0.15) is 17.6 Å². The zero-order chi connectivity index (χ0) is 31.2. The molecule has 2 heterocycles. The minimum Gasteiger partial charge on any atom is -0.494 e. The number of halogens is 1. The summed E-state index contributed by atoms with van der Waals surface area (Å²) < 4.78 is 8.06. The number of ether oxygens (including phenoxy) is 1. The van der Waals surface area contributed by atoms with Crippen molar-refractivity contribution in [2.24, 2.45) is 4.99 Å². The molecule has 0 unspecified atom stereocenters. The summed E-state index contributed by atoms with van der Waals surface area (Å²) in [6.45, 7) is 6.84. The summed E-state index contributed by atoms with van der Waals surface area (Å²) in [6, 6.07) is 19.7. The highest BCUT2D eigenvalue weighted by Gasteiger charge is 2.30. The van der Waals surface area contributed by atoms with Gasteiger partial charge >= 0.3 is 0 Å². The van der Waals surface area contributed by atoms with E-state index in [1.165, 1.54) is 0 Å². The normalized spacial score (nSPS) is 13.9. The number of aliphatic imine (C=N–C) groups is 1. The van der Waals surface area contributed by atoms with Crippen LogP contribution < -0.4 is 20.6 Å². The fourth-order valence-corrected chi connectivity index (χ4v) is 5.86. The maximum Gasteiger partial charge on any atom is 0.251 e. The molecule has 1 aliphatic heterocycles. The van der Waals surface area contributed by atoms with Crippen molar-refractivity contribution in [3.8, 4) is 11.4 Å². The Morgan fingerprint density at radius 3 is 2.61 bits per heavy atom. The summed E-state index contributed by atoms with van der Waals surface area (Å²) in [5.74, 6) is 1.59. The van der Waals surface area contributed by atoms with E-state index in [9.17, 15) is 14.4 Å². The van der Waals surface area contributed by atoms with Gasteiger partial charge in [-0.25, -0.2) is 0 Å². The van der Waals surface area contributed by atoms with E-state index in [-0.39, 0.29) is 18.2 Å². The van der Waals surface area contributed by atoms with Crippen molar-refractivity contribution in [3.63, 3.8) is 0 Å². The molecule has 4 aromatic rings. The van der Waals surface area contributed by atoms with E-state index in [0.717, 1.165) is 22.0 Å². The van der Waals surface area contributed by atoms with Gasteiger partial charge in [-0.3, -0.25) is 19.1 Å². The lowest BCUT2D eigenvalue weighted by Gasteiger charge is -2.15. The lowest BCUT2D eigenvalue weighted by Crippen LogP contribution is -2.30. The topological polar surface area (TPSA) is 131 Å². The molecule has 0 spiro atoms. The monoisotopic (exact) mass is 629 g/mol. The molecule has 1 atom stereocenters. The molecule has 0 bridgehead atoms. The van der Waals surface area contributed by atoms with Crippen molar-refractivity contribution < 1.29 is 19.1 Å².